The van der Waals surface area contributed by atoms with Crippen molar-refractivity contribution in [3.8, 4) is 11.1 Å². The van der Waals surface area contributed by atoms with Gasteiger partial charge in [0.25, 0.3) is 0 Å². The van der Waals surface area contributed by atoms with Crippen molar-refractivity contribution in [2.75, 3.05) is 10.6 Å². The topological polar surface area (TPSA) is 41.1 Å². The molecule has 3 rings (SSSR count). The molecule has 0 unspecified atom stereocenters. The molecule has 2 aromatic rings. The summed E-state index contributed by atoms with van der Waals surface area (Å²) < 4.78 is 0. The van der Waals surface area contributed by atoms with E-state index in [4.69, 9.17) is 0 Å². The maximum absolute atomic E-state index is 11.9. The molecule has 108 valence electrons. The first-order valence-corrected chi connectivity index (χ1v) is 7.46. The Morgan fingerprint density at radius 1 is 1.19 bits per heavy atom. The van der Waals surface area contributed by atoms with E-state index in [2.05, 4.69) is 47.9 Å². The van der Waals surface area contributed by atoms with Gasteiger partial charge < -0.3 is 10.6 Å². The molecule has 0 aromatic heterocycles. The van der Waals surface area contributed by atoms with Crippen LogP contribution in [-0.2, 0) is 11.2 Å². The highest BCUT2D eigenvalue weighted by Gasteiger charge is 2.20. The van der Waals surface area contributed by atoms with Crippen LogP contribution >= 0.6 is 0 Å². The summed E-state index contributed by atoms with van der Waals surface area (Å²) in [5.74, 6) is 0.0632. The van der Waals surface area contributed by atoms with Gasteiger partial charge in [0.2, 0.25) is 5.91 Å². The number of carbonyl (C=O) groups is 1. The van der Waals surface area contributed by atoms with Crippen molar-refractivity contribution < 1.29 is 4.79 Å². The van der Waals surface area contributed by atoms with E-state index in [1.54, 1.807) is 0 Å². The highest BCUT2D eigenvalue weighted by atomic mass is 16.1. The molecule has 2 aromatic carbocycles. The van der Waals surface area contributed by atoms with Crippen molar-refractivity contribution in [1.82, 2.24) is 0 Å². The predicted octanol–water partition coefficient (Wildman–Crippen LogP) is 4.06. The molecule has 0 aliphatic carbocycles. The SMILES string of the molecule is CCc1cccc(-c2cccc3c2N[C@H](C)CC(=O)N3)c1. The minimum Gasteiger partial charge on any atom is -0.380 e. The first-order valence-electron chi connectivity index (χ1n) is 7.46. The van der Waals surface area contributed by atoms with E-state index in [1.165, 1.54) is 11.1 Å². The van der Waals surface area contributed by atoms with E-state index in [-0.39, 0.29) is 11.9 Å². The number of carbonyl (C=O) groups excluding carboxylic acids is 1. The predicted molar refractivity (Wildman–Crippen MR) is 87.6 cm³/mol. The minimum atomic E-state index is 0.0632. The van der Waals surface area contributed by atoms with Gasteiger partial charge in [-0.1, -0.05) is 43.3 Å². The number of nitrogens with one attached hydrogen (secondary N) is 2. The van der Waals surface area contributed by atoms with E-state index in [0.29, 0.717) is 6.42 Å². The summed E-state index contributed by atoms with van der Waals surface area (Å²) >= 11 is 0. The fourth-order valence-corrected chi connectivity index (χ4v) is 2.79. The van der Waals surface area contributed by atoms with Gasteiger partial charge in [0.1, 0.15) is 0 Å². The number of fused-ring (bicyclic) bond motifs is 1. The van der Waals surface area contributed by atoms with Gasteiger partial charge in [0.15, 0.2) is 0 Å². The van der Waals surface area contributed by atoms with Crippen molar-refractivity contribution in [3.05, 3.63) is 48.0 Å². The molecule has 1 aliphatic heterocycles. The zero-order chi connectivity index (χ0) is 14.8. The van der Waals surface area contributed by atoms with E-state index in [0.717, 1.165) is 23.4 Å². The molecule has 3 nitrogen and oxygen atoms in total. The molecular weight excluding hydrogens is 260 g/mol. The molecule has 0 spiro atoms. The van der Waals surface area contributed by atoms with E-state index in [1.807, 2.05) is 19.1 Å². The van der Waals surface area contributed by atoms with Crippen molar-refractivity contribution in [3.63, 3.8) is 0 Å². The fraction of sp³-hybridized carbons (Fsp3) is 0.278. The molecule has 0 saturated heterocycles. The van der Waals surface area contributed by atoms with Gasteiger partial charge in [-0.05, 0) is 30.5 Å². The summed E-state index contributed by atoms with van der Waals surface area (Å²) in [7, 11) is 0. The summed E-state index contributed by atoms with van der Waals surface area (Å²) in [5, 5.41) is 6.46. The van der Waals surface area contributed by atoms with Gasteiger partial charge in [-0.3, -0.25) is 4.79 Å². The molecule has 0 fully saturated rings. The molecule has 3 heteroatoms. The third-order valence-corrected chi connectivity index (χ3v) is 3.87. The number of aryl methyl sites for hydroxylation is 1. The van der Waals surface area contributed by atoms with E-state index >= 15 is 0 Å². The van der Waals surface area contributed by atoms with Gasteiger partial charge >= 0.3 is 0 Å². The number of hydrogen-bond acceptors (Lipinski definition) is 2. The average molecular weight is 280 g/mol. The van der Waals surface area contributed by atoms with Crippen LogP contribution in [0.25, 0.3) is 11.1 Å². The molecular formula is C18H20N2O. The summed E-state index contributed by atoms with van der Waals surface area (Å²) in [6.45, 7) is 4.19. The standard InChI is InChI=1S/C18H20N2O/c1-3-13-6-4-7-14(11-13)15-8-5-9-16-18(15)19-12(2)10-17(21)20-16/h4-9,11-12,19H,3,10H2,1-2H3,(H,20,21)/t12-/m1/s1. The molecule has 1 aliphatic rings. The number of para-hydroxylation sites is 1. The first-order chi connectivity index (χ1) is 10.2. The largest absolute Gasteiger partial charge is 0.380 e. The van der Waals surface area contributed by atoms with Crippen LogP contribution in [0.3, 0.4) is 0 Å². The van der Waals surface area contributed by atoms with Crippen LogP contribution in [0.15, 0.2) is 42.5 Å². The Labute approximate surface area is 125 Å². The molecule has 0 saturated carbocycles. The lowest BCUT2D eigenvalue weighted by Gasteiger charge is -2.17. The molecule has 21 heavy (non-hydrogen) atoms. The van der Waals surface area contributed by atoms with E-state index < -0.39 is 0 Å². The minimum absolute atomic E-state index is 0.0632. The molecule has 1 amide bonds. The zero-order valence-electron chi connectivity index (χ0n) is 12.4. The average Bonchev–Trinajstić information content (AvgIpc) is 2.63. The number of rotatable bonds is 2. The maximum Gasteiger partial charge on any atom is 0.226 e. The quantitative estimate of drug-likeness (QED) is 0.871. The van der Waals surface area contributed by atoms with Crippen LogP contribution in [0.1, 0.15) is 25.8 Å². The number of hydrogen-bond donors (Lipinski definition) is 2. The van der Waals surface area contributed by atoms with Crippen LogP contribution in [0.4, 0.5) is 11.4 Å². The lowest BCUT2D eigenvalue weighted by atomic mass is 9.99. The molecule has 1 heterocycles. The van der Waals surface area contributed by atoms with Crippen LogP contribution in [0.5, 0.6) is 0 Å². The lowest BCUT2D eigenvalue weighted by Crippen LogP contribution is -2.19. The van der Waals surface area contributed by atoms with Gasteiger partial charge in [0, 0.05) is 18.0 Å². The normalized spacial score (nSPS) is 17.4. The van der Waals surface area contributed by atoms with Crippen LogP contribution < -0.4 is 10.6 Å². The summed E-state index contributed by atoms with van der Waals surface area (Å²) in [6.07, 6.45) is 1.51. The third kappa shape index (κ3) is 2.77. The monoisotopic (exact) mass is 280 g/mol. The Morgan fingerprint density at radius 3 is 2.81 bits per heavy atom. The summed E-state index contributed by atoms with van der Waals surface area (Å²) in [4.78, 5) is 11.9. The second-order valence-electron chi connectivity index (χ2n) is 5.58. The number of amides is 1. The molecule has 0 bridgehead atoms. The van der Waals surface area contributed by atoms with Crippen molar-refractivity contribution in [2.24, 2.45) is 0 Å². The van der Waals surface area contributed by atoms with Crippen LogP contribution in [0, 0.1) is 0 Å². The third-order valence-electron chi connectivity index (χ3n) is 3.87. The Morgan fingerprint density at radius 2 is 2.00 bits per heavy atom. The van der Waals surface area contributed by atoms with Gasteiger partial charge in [-0.15, -0.1) is 0 Å². The highest BCUT2D eigenvalue weighted by molar-refractivity contribution is 6.00. The van der Waals surface area contributed by atoms with Crippen LogP contribution in [-0.4, -0.2) is 11.9 Å². The Hall–Kier alpha value is -2.29. The number of anilines is 2. The highest BCUT2D eigenvalue weighted by Crippen LogP contribution is 2.36. The van der Waals surface area contributed by atoms with Crippen LogP contribution in [0.2, 0.25) is 0 Å². The van der Waals surface area contributed by atoms with E-state index in [9.17, 15) is 4.79 Å². The fourth-order valence-electron chi connectivity index (χ4n) is 2.79. The van der Waals surface area contributed by atoms with Crippen molar-refractivity contribution >= 4 is 17.3 Å². The Balaban J connectivity index is 2.11. The zero-order valence-corrected chi connectivity index (χ0v) is 12.4. The summed E-state index contributed by atoms with van der Waals surface area (Å²) in [6, 6.07) is 14.7. The first kappa shape index (κ1) is 13.7. The molecule has 2 N–H and O–H groups in total. The smallest absolute Gasteiger partial charge is 0.226 e. The van der Waals surface area contributed by atoms with Gasteiger partial charge in [0.05, 0.1) is 11.4 Å². The number of benzene rings is 2. The van der Waals surface area contributed by atoms with Crippen molar-refractivity contribution in [2.45, 2.75) is 32.7 Å². The second-order valence-corrected chi connectivity index (χ2v) is 5.58. The summed E-state index contributed by atoms with van der Waals surface area (Å²) in [5.41, 5.74) is 5.52. The maximum atomic E-state index is 11.9. The van der Waals surface area contributed by atoms with Gasteiger partial charge in [-0.2, -0.15) is 0 Å². The van der Waals surface area contributed by atoms with Crippen molar-refractivity contribution in [1.29, 1.82) is 0 Å². The van der Waals surface area contributed by atoms with Gasteiger partial charge in [-0.25, -0.2) is 0 Å². The Kier molecular flexibility index (Phi) is 3.65. The Bertz CT molecular complexity index is 679. The second kappa shape index (κ2) is 5.60. The lowest BCUT2D eigenvalue weighted by molar-refractivity contribution is -0.116. The molecule has 0 radical (unpaired) electrons. The molecule has 1 atom stereocenters.